The minimum absolute atomic E-state index is 0.0265. The summed E-state index contributed by atoms with van der Waals surface area (Å²) in [5.41, 5.74) is 0.0265. The molecular formula is C17H26N2O2. The van der Waals surface area contributed by atoms with Crippen molar-refractivity contribution in [3.05, 3.63) is 0 Å². The van der Waals surface area contributed by atoms with Crippen LogP contribution >= 0.6 is 0 Å². The van der Waals surface area contributed by atoms with Gasteiger partial charge in [-0.25, -0.2) is 0 Å². The molecule has 4 heteroatoms. The summed E-state index contributed by atoms with van der Waals surface area (Å²) < 4.78 is 0. The van der Waals surface area contributed by atoms with E-state index in [-0.39, 0.29) is 23.4 Å². The van der Waals surface area contributed by atoms with Gasteiger partial charge in [0.25, 0.3) is 0 Å². The molecule has 4 saturated carbocycles. The highest BCUT2D eigenvalue weighted by Gasteiger charge is 2.58. The molecule has 1 saturated heterocycles. The number of amides is 2. The van der Waals surface area contributed by atoms with Crippen molar-refractivity contribution >= 4 is 11.8 Å². The lowest BCUT2D eigenvalue weighted by Gasteiger charge is -2.60. The van der Waals surface area contributed by atoms with Crippen LogP contribution in [0.1, 0.15) is 51.4 Å². The molecule has 0 aromatic heterocycles. The van der Waals surface area contributed by atoms with E-state index in [0.717, 1.165) is 43.4 Å². The van der Waals surface area contributed by atoms with Gasteiger partial charge in [-0.3, -0.25) is 9.59 Å². The first-order valence-electron chi connectivity index (χ1n) is 8.52. The van der Waals surface area contributed by atoms with E-state index >= 15 is 0 Å². The number of likely N-dealkylation sites (tertiary alicyclic amines) is 1. The largest absolute Gasteiger partial charge is 0.347 e. The Bertz CT molecular complexity index is 450. The molecule has 0 spiro atoms. The van der Waals surface area contributed by atoms with Crippen molar-refractivity contribution in [2.24, 2.45) is 17.8 Å². The van der Waals surface area contributed by atoms with E-state index in [0.29, 0.717) is 6.42 Å². The quantitative estimate of drug-likeness (QED) is 0.781. The van der Waals surface area contributed by atoms with Gasteiger partial charge in [0.15, 0.2) is 0 Å². The molecule has 4 nitrogen and oxygen atoms in total. The highest BCUT2D eigenvalue weighted by Crippen LogP contribution is 2.59. The van der Waals surface area contributed by atoms with Crippen LogP contribution in [-0.4, -0.2) is 47.3 Å². The summed E-state index contributed by atoms with van der Waals surface area (Å²) in [5, 5.41) is 0. The molecular weight excluding hydrogens is 264 g/mol. The first kappa shape index (κ1) is 13.6. The van der Waals surface area contributed by atoms with Crippen LogP contribution in [0.4, 0.5) is 0 Å². The summed E-state index contributed by atoms with van der Waals surface area (Å²) in [5.74, 6) is 2.77. The SMILES string of the molecule is CN(C)C(=O)C1CCC(=O)N1C12CC3CC(CC(C3)C1)C2. The molecule has 4 aliphatic carbocycles. The second kappa shape index (κ2) is 4.47. The zero-order chi connectivity index (χ0) is 14.8. The van der Waals surface area contributed by atoms with Gasteiger partial charge in [-0.2, -0.15) is 0 Å². The van der Waals surface area contributed by atoms with Crippen LogP contribution in [0.5, 0.6) is 0 Å². The fraction of sp³-hybridized carbons (Fsp3) is 0.882. The predicted octanol–water partition coefficient (Wildman–Crippen LogP) is 2.03. The van der Waals surface area contributed by atoms with E-state index in [9.17, 15) is 9.59 Å². The van der Waals surface area contributed by atoms with Crippen molar-refractivity contribution in [3.63, 3.8) is 0 Å². The lowest BCUT2D eigenvalue weighted by Crippen LogP contribution is -2.64. The number of carbonyl (C=O) groups excluding carboxylic acids is 2. The summed E-state index contributed by atoms with van der Waals surface area (Å²) in [4.78, 5) is 28.8. The molecule has 5 fully saturated rings. The van der Waals surface area contributed by atoms with Gasteiger partial charge in [-0.1, -0.05) is 0 Å². The van der Waals surface area contributed by atoms with Gasteiger partial charge in [0.05, 0.1) is 0 Å². The molecule has 21 heavy (non-hydrogen) atoms. The highest BCUT2D eigenvalue weighted by molar-refractivity contribution is 5.91. The summed E-state index contributed by atoms with van der Waals surface area (Å²) in [7, 11) is 3.62. The Labute approximate surface area is 126 Å². The van der Waals surface area contributed by atoms with E-state index in [1.54, 1.807) is 4.90 Å². The third-order valence-corrected chi connectivity index (χ3v) is 6.45. The number of hydrogen-bond donors (Lipinski definition) is 0. The molecule has 0 radical (unpaired) electrons. The van der Waals surface area contributed by atoms with Crippen LogP contribution in [-0.2, 0) is 9.59 Å². The van der Waals surface area contributed by atoms with Gasteiger partial charge in [0.1, 0.15) is 6.04 Å². The summed E-state index contributed by atoms with van der Waals surface area (Å²) in [6, 6.07) is -0.191. The predicted molar refractivity (Wildman–Crippen MR) is 79.5 cm³/mol. The number of likely N-dealkylation sites (N-methyl/N-ethyl adjacent to an activating group) is 1. The van der Waals surface area contributed by atoms with Crippen LogP contribution in [0.15, 0.2) is 0 Å². The normalized spacial score (nSPS) is 44.5. The van der Waals surface area contributed by atoms with Crippen molar-refractivity contribution in [2.45, 2.75) is 62.9 Å². The summed E-state index contributed by atoms with van der Waals surface area (Å²) >= 11 is 0. The average Bonchev–Trinajstić information content (AvgIpc) is 2.78. The molecule has 5 rings (SSSR count). The van der Waals surface area contributed by atoms with Gasteiger partial charge in [0, 0.05) is 26.1 Å². The van der Waals surface area contributed by atoms with Crippen molar-refractivity contribution in [1.82, 2.24) is 9.80 Å². The molecule has 0 aromatic carbocycles. The lowest BCUT2D eigenvalue weighted by molar-refractivity contribution is -0.157. The van der Waals surface area contributed by atoms with Crippen LogP contribution in [0, 0.1) is 17.8 Å². The van der Waals surface area contributed by atoms with E-state index in [4.69, 9.17) is 0 Å². The molecule has 4 bridgehead atoms. The first-order chi connectivity index (χ1) is 9.98. The molecule has 0 N–H and O–H groups in total. The topological polar surface area (TPSA) is 40.6 Å². The third kappa shape index (κ3) is 1.94. The zero-order valence-corrected chi connectivity index (χ0v) is 13.2. The number of hydrogen-bond acceptors (Lipinski definition) is 2. The van der Waals surface area contributed by atoms with Gasteiger partial charge in [-0.05, 0) is 62.7 Å². The highest BCUT2D eigenvalue weighted by atomic mass is 16.2. The number of carbonyl (C=O) groups is 2. The maximum atomic E-state index is 12.6. The maximum absolute atomic E-state index is 12.6. The molecule has 5 aliphatic rings. The molecule has 0 aromatic rings. The molecule has 1 unspecified atom stereocenters. The second-order valence-corrected chi connectivity index (χ2v) is 8.19. The van der Waals surface area contributed by atoms with E-state index in [1.807, 2.05) is 14.1 Å². The van der Waals surface area contributed by atoms with Crippen molar-refractivity contribution < 1.29 is 9.59 Å². The fourth-order valence-electron chi connectivity index (χ4n) is 6.17. The van der Waals surface area contributed by atoms with Crippen LogP contribution in [0.3, 0.4) is 0 Å². The Morgan fingerprint density at radius 1 is 1.10 bits per heavy atom. The molecule has 116 valence electrons. The number of rotatable bonds is 2. The Balaban J connectivity index is 1.67. The van der Waals surface area contributed by atoms with Crippen LogP contribution < -0.4 is 0 Å². The molecule has 1 atom stereocenters. The Hall–Kier alpha value is -1.06. The Morgan fingerprint density at radius 3 is 2.10 bits per heavy atom. The standard InChI is InChI=1S/C17H26N2O2/c1-18(2)16(21)14-3-4-15(20)19(14)17-8-11-5-12(9-17)7-13(6-11)10-17/h11-14H,3-10H2,1-2H3. The third-order valence-electron chi connectivity index (χ3n) is 6.45. The Morgan fingerprint density at radius 2 is 1.62 bits per heavy atom. The first-order valence-corrected chi connectivity index (χ1v) is 8.52. The number of nitrogens with zero attached hydrogens (tertiary/aromatic N) is 2. The lowest BCUT2D eigenvalue weighted by atomic mass is 9.52. The van der Waals surface area contributed by atoms with Gasteiger partial charge in [-0.15, -0.1) is 0 Å². The Kier molecular flexibility index (Phi) is 2.89. The second-order valence-electron chi connectivity index (χ2n) is 8.19. The molecule has 1 heterocycles. The van der Waals surface area contributed by atoms with Gasteiger partial charge < -0.3 is 9.80 Å². The van der Waals surface area contributed by atoms with Gasteiger partial charge >= 0.3 is 0 Å². The van der Waals surface area contributed by atoms with Crippen molar-refractivity contribution in [2.75, 3.05) is 14.1 Å². The zero-order valence-electron chi connectivity index (χ0n) is 13.2. The van der Waals surface area contributed by atoms with Crippen molar-refractivity contribution in [1.29, 1.82) is 0 Å². The molecule has 1 aliphatic heterocycles. The van der Waals surface area contributed by atoms with E-state index in [2.05, 4.69) is 4.90 Å². The van der Waals surface area contributed by atoms with Crippen LogP contribution in [0.2, 0.25) is 0 Å². The monoisotopic (exact) mass is 290 g/mol. The fourth-order valence-corrected chi connectivity index (χ4v) is 6.17. The van der Waals surface area contributed by atoms with Gasteiger partial charge in [0.2, 0.25) is 11.8 Å². The minimum Gasteiger partial charge on any atom is -0.347 e. The molecule has 2 amide bonds. The van der Waals surface area contributed by atoms with Crippen molar-refractivity contribution in [3.8, 4) is 0 Å². The maximum Gasteiger partial charge on any atom is 0.244 e. The smallest absolute Gasteiger partial charge is 0.244 e. The minimum atomic E-state index is -0.191. The van der Waals surface area contributed by atoms with E-state index < -0.39 is 0 Å². The van der Waals surface area contributed by atoms with Crippen LogP contribution in [0.25, 0.3) is 0 Å². The summed E-state index contributed by atoms with van der Waals surface area (Å²) in [6.07, 6.45) is 8.85. The van der Waals surface area contributed by atoms with E-state index in [1.165, 1.54) is 19.3 Å². The average molecular weight is 290 g/mol. The summed E-state index contributed by atoms with van der Waals surface area (Å²) in [6.45, 7) is 0.